The predicted molar refractivity (Wildman–Crippen MR) is 59.5 cm³/mol. The maximum Gasteiger partial charge on any atom is 0.143 e. The Morgan fingerprint density at radius 2 is 2.07 bits per heavy atom. The molecule has 0 aromatic carbocycles. The zero-order chi connectivity index (χ0) is 11.2. The highest BCUT2D eigenvalue weighted by Crippen LogP contribution is 2.16. The molecule has 0 aromatic rings. The molecule has 0 rings (SSSR count). The van der Waals surface area contributed by atoms with Gasteiger partial charge in [0.15, 0.2) is 0 Å². The van der Waals surface area contributed by atoms with Crippen molar-refractivity contribution >= 4 is 5.84 Å². The molecule has 0 aromatic heterocycles. The molecule has 1 atom stereocenters. The highest BCUT2D eigenvalue weighted by molar-refractivity contribution is 5.82. The van der Waals surface area contributed by atoms with Gasteiger partial charge in [0, 0.05) is 12.5 Å². The third-order valence-electron chi connectivity index (χ3n) is 2.12. The van der Waals surface area contributed by atoms with Crippen LogP contribution in [0.15, 0.2) is 5.16 Å². The van der Waals surface area contributed by atoms with Crippen molar-refractivity contribution in [2.45, 2.75) is 34.1 Å². The molecule has 4 heteroatoms. The molecule has 84 valence electrons. The Kier molecular flexibility index (Phi) is 5.53. The maximum atomic E-state index is 8.43. The standard InChI is InChI=1S/C10H23N3O/c1-8(9(11)13-14)7-12-6-5-10(2,3)4/h8,12,14H,5-7H2,1-4H3,(H2,11,13). The summed E-state index contributed by atoms with van der Waals surface area (Å²) in [6, 6.07) is 0. The number of amidine groups is 1. The van der Waals surface area contributed by atoms with Gasteiger partial charge in [-0.3, -0.25) is 0 Å². The molecule has 1 unspecified atom stereocenters. The SMILES string of the molecule is CC(CNCCC(C)(C)C)C(N)=NO. The summed E-state index contributed by atoms with van der Waals surface area (Å²) in [6.45, 7) is 10.3. The first kappa shape index (κ1) is 13.2. The molecule has 0 amide bonds. The Morgan fingerprint density at radius 1 is 1.50 bits per heavy atom. The van der Waals surface area contributed by atoms with Crippen LogP contribution < -0.4 is 11.1 Å². The van der Waals surface area contributed by atoms with Crippen molar-refractivity contribution in [2.75, 3.05) is 13.1 Å². The van der Waals surface area contributed by atoms with Crippen LogP contribution >= 0.6 is 0 Å². The predicted octanol–water partition coefficient (Wildman–Crippen LogP) is 1.39. The minimum Gasteiger partial charge on any atom is -0.409 e. The molecule has 4 nitrogen and oxygen atoms in total. The van der Waals surface area contributed by atoms with Crippen LogP contribution in [-0.4, -0.2) is 24.1 Å². The van der Waals surface area contributed by atoms with E-state index in [0.29, 0.717) is 5.41 Å². The van der Waals surface area contributed by atoms with Gasteiger partial charge in [-0.25, -0.2) is 0 Å². The van der Waals surface area contributed by atoms with E-state index in [0.717, 1.165) is 19.5 Å². The second-order valence-corrected chi connectivity index (χ2v) is 4.94. The Hall–Kier alpha value is -0.770. The zero-order valence-corrected chi connectivity index (χ0v) is 9.67. The van der Waals surface area contributed by atoms with Crippen molar-refractivity contribution in [3.8, 4) is 0 Å². The van der Waals surface area contributed by atoms with Crippen molar-refractivity contribution in [3.05, 3.63) is 0 Å². The lowest BCUT2D eigenvalue weighted by molar-refractivity contribution is 0.313. The van der Waals surface area contributed by atoms with Crippen LogP contribution in [0, 0.1) is 11.3 Å². The van der Waals surface area contributed by atoms with Gasteiger partial charge in [0.25, 0.3) is 0 Å². The smallest absolute Gasteiger partial charge is 0.143 e. The van der Waals surface area contributed by atoms with E-state index in [-0.39, 0.29) is 11.8 Å². The number of nitrogens with zero attached hydrogens (tertiary/aromatic N) is 1. The summed E-state index contributed by atoms with van der Waals surface area (Å²) >= 11 is 0. The summed E-state index contributed by atoms with van der Waals surface area (Å²) in [7, 11) is 0. The quantitative estimate of drug-likeness (QED) is 0.207. The molecular formula is C10H23N3O. The number of nitrogens with two attached hydrogens (primary N) is 1. The zero-order valence-electron chi connectivity index (χ0n) is 9.67. The van der Waals surface area contributed by atoms with E-state index in [4.69, 9.17) is 10.9 Å². The first-order chi connectivity index (χ1) is 6.37. The highest BCUT2D eigenvalue weighted by Gasteiger charge is 2.10. The van der Waals surface area contributed by atoms with Crippen LogP contribution in [0.4, 0.5) is 0 Å². The van der Waals surface area contributed by atoms with Crippen molar-refractivity contribution in [1.29, 1.82) is 0 Å². The first-order valence-electron chi connectivity index (χ1n) is 5.05. The minimum atomic E-state index is 0.0833. The van der Waals surface area contributed by atoms with Gasteiger partial charge in [-0.2, -0.15) is 0 Å². The molecule has 0 aliphatic rings. The van der Waals surface area contributed by atoms with Gasteiger partial charge in [-0.1, -0.05) is 32.9 Å². The number of hydrogen-bond acceptors (Lipinski definition) is 3. The van der Waals surface area contributed by atoms with Crippen LogP contribution in [0.25, 0.3) is 0 Å². The summed E-state index contributed by atoms with van der Waals surface area (Å²) in [4.78, 5) is 0. The van der Waals surface area contributed by atoms with E-state index in [9.17, 15) is 0 Å². The van der Waals surface area contributed by atoms with Gasteiger partial charge < -0.3 is 16.3 Å². The van der Waals surface area contributed by atoms with Crippen molar-refractivity contribution in [2.24, 2.45) is 22.2 Å². The lowest BCUT2D eigenvalue weighted by atomic mass is 9.92. The van der Waals surface area contributed by atoms with E-state index < -0.39 is 0 Å². The molecule has 4 N–H and O–H groups in total. The summed E-state index contributed by atoms with van der Waals surface area (Å²) in [6.07, 6.45) is 1.12. The number of hydrogen-bond donors (Lipinski definition) is 3. The molecule has 0 fully saturated rings. The van der Waals surface area contributed by atoms with Gasteiger partial charge in [-0.05, 0) is 18.4 Å². The molecular weight excluding hydrogens is 178 g/mol. The number of oxime groups is 1. The summed E-state index contributed by atoms with van der Waals surface area (Å²) in [5.74, 6) is 0.369. The van der Waals surface area contributed by atoms with E-state index in [1.807, 2.05) is 6.92 Å². The maximum absolute atomic E-state index is 8.43. The van der Waals surface area contributed by atoms with Crippen molar-refractivity contribution in [1.82, 2.24) is 5.32 Å². The molecule has 0 saturated carbocycles. The molecule has 0 heterocycles. The fourth-order valence-corrected chi connectivity index (χ4v) is 0.985. The van der Waals surface area contributed by atoms with Crippen LogP contribution in [0.3, 0.4) is 0 Å². The van der Waals surface area contributed by atoms with Crippen LogP contribution in [0.1, 0.15) is 34.1 Å². The van der Waals surface area contributed by atoms with E-state index in [1.165, 1.54) is 0 Å². The lowest BCUT2D eigenvalue weighted by Crippen LogP contribution is -2.32. The Labute approximate surface area is 86.6 Å². The monoisotopic (exact) mass is 201 g/mol. The van der Waals surface area contributed by atoms with Gasteiger partial charge in [0.1, 0.15) is 5.84 Å². The topological polar surface area (TPSA) is 70.6 Å². The van der Waals surface area contributed by atoms with Crippen LogP contribution in [0.2, 0.25) is 0 Å². The average molecular weight is 201 g/mol. The Bertz CT molecular complexity index is 184. The lowest BCUT2D eigenvalue weighted by Gasteiger charge is -2.19. The largest absolute Gasteiger partial charge is 0.409 e. The van der Waals surface area contributed by atoms with Gasteiger partial charge in [0.2, 0.25) is 0 Å². The Balaban J connectivity index is 3.56. The third-order valence-corrected chi connectivity index (χ3v) is 2.12. The van der Waals surface area contributed by atoms with Crippen molar-refractivity contribution in [3.63, 3.8) is 0 Å². The molecule has 0 spiro atoms. The fourth-order valence-electron chi connectivity index (χ4n) is 0.985. The third kappa shape index (κ3) is 6.71. The molecule has 0 aliphatic heterocycles. The second-order valence-electron chi connectivity index (χ2n) is 4.94. The summed E-state index contributed by atoms with van der Waals surface area (Å²) in [5, 5.41) is 14.7. The van der Waals surface area contributed by atoms with Gasteiger partial charge in [-0.15, -0.1) is 0 Å². The molecule has 0 saturated heterocycles. The van der Waals surface area contributed by atoms with Gasteiger partial charge in [0.05, 0.1) is 0 Å². The molecule has 0 bridgehead atoms. The number of rotatable bonds is 5. The molecule has 0 radical (unpaired) electrons. The fraction of sp³-hybridized carbons (Fsp3) is 0.900. The highest BCUT2D eigenvalue weighted by atomic mass is 16.4. The minimum absolute atomic E-state index is 0.0833. The first-order valence-corrected chi connectivity index (χ1v) is 5.05. The summed E-state index contributed by atoms with van der Waals surface area (Å²) in [5.41, 5.74) is 5.80. The van der Waals surface area contributed by atoms with Gasteiger partial charge >= 0.3 is 0 Å². The second kappa shape index (κ2) is 5.86. The summed E-state index contributed by atoms with van der Waals surface area (Å²) < 4.78 is 0. The van der Waals surface area contributed by atoms with E-state index in [2.05, 4.69) is 31.2 Å². The van der Waals surface area contributed by atoms with E-state index >= 15 is 0 Å². The van der Waals surface area contributed by atoms with Crippen LogP contribution in [-0.2, 0) is 0 Å². The van der Waals surface area contributed by atoms with Crippen molar-refractivity contribution < 1.29 is 5.21 Å². The molecule has 14 heavy (non-hydrogen) atoms. The number of nitrogens with one attached hydrogen (secondary N) is 1. The van der Waals surface area contributed by atoms with E-state index in [1.54, 1.807) is 0 Å². The Morgan fingerprint density at radius 3 is 2.50 bits per heavy atom. The van der Waals surface area contributed by atoms with Crippen LogP contribution in [0.5, 0.6) is 0 Å². The molecule has 0 aliphatic carbocycles. The normalized spacial score (nSPS) is 15.6. The average Bonchev–Trinajstić information content (AvgIpc) is 2.09.